The highest BCUT2D eigenvalue weighted by Gasteiger charge is 2.01. The molecule has 0 fully saturated rings. The first-order valence-corrected chi connectivity index (χ1v) is 7.18. The van der Waals surface area contributed by atoms with Crippen LogP contribution in [0.5, 0.6) is 5.75 Å². The topological polar surface area (TPSA) is 9.23 Å². The summed E-state index contributed by atoms with van der Waals surface area (Å²) < 4.78 is 5.35. The van der Waals surface area contributed by atoms with Crippen molar-refractivity contribution in [2.24, 2.45) is 0 Å². The van der Waals surface area contributed by atoms with E-state index in [1.807, 2.05) is 12.1 Å². The molecular formula is C15H17OP. The molecule has 1 atom stereocenters. The highest BCUT2D eigenvalue weighted by molar-refractivity contribution is 7.36. The third-order valence-corrected chi connectivity index (χ3v) is 3.97. The molecule has 2 rings (SSSR count). The summed E-state index contributed by atoms with van der Waals surface area (Å²) in [7, 11) is 2.64. The summed E-state index contributed by atoms with van der Waals surface area (Å²) in [6.45, 7) is 0. The Labute approximate surface area is 105 Å². The molecule has 0 radical (unpaired) electrons. The maximum absolute atomic E-state index is 5.35. The van der Waals surface area contributed by atoms with Gasteiger partial charge in [0, 0.05) is 0 Å². The normalized spacial score (nSPS) is 10.9. The predicted octanol–water partition coefficient (Wildman–Crippen LogP) is 4.07. The third kappa shape index (κ3) is 3.57. The number of benzene rings is 2. The fraction of sp³-hybridized carbons (Fsp3) is 0.200. The van der Waals surface area contributed by atoms with E-state index < -0.39 is 0 Å². The number of methoxy groups -OCH3 is 1. The SMILES string of the molecule is COc1ccccc1CPCc1ccccc1. The van der Waals surface area contributed by atoms with E-state index in [0.717, 1.165) is 26.7 Å². The molecule has 2 heteroatoms. The van der Waals surface area contributed by atoms with E-state index in [2.05, 4.69) is 42.5 Å². The molecule has 2 aromatic carbocycles. The van der Waals surface area contributed by atoms with Gasteiger partial charge in [-0.15, -0.1) is 8.58 Å². The van der Waals surface area contributed by atoms with Crippen molar-refractivity contribution in [2.75, 3.05) is 7.11 Å². The van der Waals surface area contributed by atoms with Crippen molar-refractivity contribution in [2.45, 2.75) is 12.3 Å². The second-order valence-corrected chi connectivity index (χ2v) is 5.11. The molecule has 0 aliphatic carbocycles. The van der Waals surface area contributed by atoms with Gasteiger partial charge >= 0.3 is 0 Å². The van der Waals surface area contributed by atoms with Crippen molar-refractivity contribution in [3.05, 3.63) is 65.7 Å². The minimum Gasteiger partial charge on any atom is -0.496 e. The number of rotatable bonds is 5. The molecule has 17 heavy (non-hydrogen) atoms. The molecule has 0 saturated carbocycles. The largest absolute Gasteiger partial charge is 0.496 e. The van der Waals surface area contributed by atoms with Crippen LogP contribution in [0, 0.1) is 0 Å². The van der Waals surface area contributed by atoms with Crippen LogP contribution in [0.1, 0.15) is 11.1 Å². The van der Waals surface area contributed by atoms with Crippen molar-refractivity contribution >= 4 is 8.58 Å². The number of ether oxygens (including phenoxy) is 1. The second kappa shape index (κ2) is 6.42. The van der Waals surface area contributed by atoms with Gasteiger partial charge in [0.15, 0.2) is 0 Å². The molecule has 2 aromatic rings. The van der Waals surface area contributed by atoms with Crippen LogP contribution in [0.4, 0.5) is 0 Å². The molecule has 0 aliphatic rings. The molecule has 0 saturated heterocycles. The maximum atomic E-state index is 5.35. The molecule has 0 bridgehead atoms. The van der Waals surface area contributed by atoms with E-state index in [1.165, 1.54) is 11.1 Å². The first-order chi connectivity index (χ1) is 8.40. The van der Waals surface area contributed by atoms with E-state index in [9.17, 15) is 0 Å². The minimum absolute atomic E-state index is 0.907. The molecule has 0 spiro atoms. The van der Waals surface area contributed by atoms with Crippen LogP contribution < -0.4 is 4.74 Å². The van der Waals surface area contributed by atoms with Crippen LogP contribution in [0.15, 0.2) is 54.6 Å². The summed E-state index contributed by atoms with van der Waals surface area (Å²) in [5, 5.41) is 0. The average molecular weight is 244 g/mol. The van der Waals surface area contributed by atoms with Gasteiger partial charge in [0.05, 0.1) is 7.11 Å². The lowest BCUT2D eigenvalue weighted by atomic mass is 10.2. The zero-order valence-corrected chi connectivity index (χ0v) is 11.0. The summed E-state index contributed by atoms with van der Waals surface area (Å²) in [5.74, 6) is 1.01. The molecule has 88 valence electrons. The summed E-state index contributed by atoms with van der Waals surface area (Å²) in [6.07, 6.45) is 2.25. The van der Waals surface area contributed by atoms with Gasteiger partial charge in [-0.2, -0.15) is 0 Å². The number of hydrogen-bond donors (Lipinski definition) is 0. The molecule has 0 N–H and O–H groups in total. The molecule has 0 amide bonds. The van der Waals surface area contributed by atoms with Gasteiger partial charge in [0.25, 0.3) is 0 Å². The van der Waals surface area contributed by atoms with E-state index in [0.29, 0.717) is 0 Å². The zero-order valence-electron chi connectivity index (χ0n) is 10.0. The Morgan fingerprint density at radius 3 is 2.35 bits per heavy atom. The summed E-state index contributed by atoms with van der Waals surface area (Å²) in [5.41, 5.74) is 2.73. The van der Waals surface area contributed by atoms with Gasteiger partial charge < -0.3 is 4.74 Å². The fourth-order valence-electron chi connectivity index (χ4n) is 1.79. The zero-order chi connectivity index (χ0) is 11.9. The summed E-state index contributed by atoms with van der Waals surface area (Å²) in [6, 6.07) is 18.9. The van der Waals surface area contributed by atoms with Gasteiger partial charge in [0.2, 0.25) is 0 Å². The molecular weight excluding hydrogens is 227 g/mol. The Morgan fingerprint density at radius 2 is 1.59 bits per heavy atom. The predicted molar refractivity (Wildman–Crippen MR) is 75.2 cm³/mol. The lowest BCUT2D eigenvalue weighted by Crippen LogP contribution is -1.89. The maximum Gasteiger partial charge on any atom is 0.122 e. The van der Waals surface area contributed by atoms with Crippen molar-refractivity contribution in [1.82, 2.24) is 0 Å². The van der Waals surface area contributed by atoms with Crippen LogP contribution in [-0.4, -0.2) is 7.11 Å². The molecule has 1 unspecified atom stereocenters. The first-order valence-electron chi connectivity index (χ1n) is 5.76. The van der Waals surface area contributed by atoms with Gasteiger partial charge in [-0.3, -0.25) is 0 Å². The van der Waals surface area contributed by atoms with Crippen molar-refractivity contribution in [1.29, 1.82) is 0 Å². The van der Waals surface area contributed by atoms with Gasteiger partial charge in [0.1, 0.15) is 5.75 Å². The minimum atomic E-state index is 0.907. The van der Waals surface area contributed by atoms with Crippen LogP contribution in [-0.2, 0) is 12.3 Å². The van der Waals surface area contributed by atoms with Crippen LogP contribution in [0.3, 0.4) is 0 Å². The lowest BCUT2D eigenvalue weighted by Gasteiger charge is -2.08. The molecule has 0 heterocycles. The fourth-order valence-corrected chi connectivity index (χ4v) is 3.00. The van der Waals surface area contributed by atoms with Crippen molar-refractivity contribution in [3.63, 3.8) is 0 Å². The Kier molecular flexibility index (Phi) is 4.58. The first kappa shape index (κ1) is 12.1. The highest BCUT2D eigenvalue weighted by Crippen LogP contribution is 2.28. The number of para-hydroxylation sites is 1. The Balaban J connectivity index is 1.90. The van der Waals surface area contributed by atoms with Crippen LogP contribution >= 0.6 is 8.58 Å². The van der Waals surface area contributed by atoms with Gasteiger partial charge in [-0.05, 0) is 29.5 Å². The van der Waals surface area contributed by atoms with E-state index in [-0.39, 0.29) is 0 Å². The van der Waals surface area contributed by atoms with Crippen molar-refractivity contribution in [3.8, 4) is 5.75 Å². The lowest BCUT2D eigenvalue weighted by molar-refractivity contribution is 0.411. The summed E-state index contributed by atoms with van der Waals surface area (Å²) in [4.78, 5) is 0. The Bertz CT molecular complexity index is 453. The van der Waals surface area contributed by atoms with Gasteiger partial charge in [-0.1, -0.05) is 48.5 Å². The monoisotopic (exact) mass is 244 g/mol. The van der Waals surface area contributed by atoms with E-state index in [1.54, 1.807) is 7.11 Å². The standard InChI is InChI=1S/C15H17OP/c1-16-15-10-6-5-9-14(15)12-17-11-13-7-3-2-4-8-13/h2-10,17H,11-12H2,1H3. The van der Waals surface area contributed by atoms with Crippen LogP contribution in [0.2, 0.25) is 0 Å². The Morgan fingerprint density at radius 1 is 0.882 bits per heavy atom. The Hall–Kier alpha value is -1.33. The molecule has 1 nitrogen and oxygen atoms in total. The van der Waals surface area contributed by atoms with E-state index in [4.69, 9.17) is 4.74 Å². The second-order valence-electron chi connectivity index (χ2n) is 3.90. The van der Waals surface area contributed by atoms with Crippen molar-refractivity contribution < 1.29 is 4.74 Å². The molecule has 0 aromatic heterocycles. The van der Waals surface area contributed by atoms with Gasteiger partial charge in [-0.25, -0.2) is 0 Å². The smallest absolute Gasteiger partial charge is 0.122 e. The van der Waals surface area contributed by atoms with E-state index >= 15 is 0 Å². The quantitative estimate of drug-likeness (QED) is 0.720. The van der Waals surface area contributed by atoms with Crippen LogP contribution in [0.25, 0.3) is 0 Å². The highest BCUT2D eigenvalue weighted by atomic mass is 31.1. The molecule has 0 aliphatic heterocycles. The summed E-state index contributed by atoms with van der Waals surface area (Å²) >= 11 is 0. The average Bonchev–Trinajstić information content (AvgIpc) is 2.40. The number of hydrogen-bond acceptors (Lipinski definition) is 1. The third-order valence-electron chi connectivity index (χ3n) is 2.68.